The molecule has 5 nitrogen and oxygen atoms in total. The minimum atomic E-state index is -2.00. The van der Waals surface area contributed by atoms with Crippen molar-refractivity contribution in [3.8, 4) is 50.2 Å². The van der Waals surface area contributed by atoms with E-state index in [1.54, 1.807) is 6.20 Å². The Balaban J connectivity index is 1.19. The van der Waals surface area contributed by atoms with E-state index in [0.717, 1.165) is 44.5 Å². The molecule has 0 spiro atoms. The molecule has 9 rings (SSSR count). The molecule has 7 aromatic carbocycles. The van der Waals surface area contributed by atoms with Crippen molar-refractivity contribution in [2.24, 2.45) is 0 Å². The largest absolute Gasteiger partial charge is 0.375 e. The number of nitrogens with zero attached hydrogens (tertiary/aromatic N) is 3. The van der Waals surface area contributed by atoms with E-state index in [9.17, 15) is 10.2 Å². The number of aliphatic hydroxyl groups is 2. The molecule has 2 aromatic heterocycles. The van der Waals surface area contributed by atoms with Gasteiger partial charge in [0, 0.05) is 23.3 Å². The van der Waals surface area contributed by atoms with Crippen LogP contribution in [0.4, 0.5) is 0 Å². The molecule has 0 saturated carbocycles. The normalized spacial score (nSPS) is 12.1. The third-order valence-corrected chi connectivity index (χ3v) is 11.0. The molecule has 2 heterocycles. The van der Waals surface area contributed by atoms with Crippen LogP contribution >= 0.6 is 0 Å². The highest BCUT2D eigenvalue weighted by Crippen LogP contribution is 2.44. The van der Waals surface area contributed by atoms with Crippen LogP contribution in [0.1, 0.15) is 5.82 Å². The summed E-state index contributed by atoms with van der Waals surface area (Å²) in [7, 11) is 5.04. The van der Waals surface area contributed by atoms with Crippen LogP contribution in [0.25, 0.3) is 82.8 Å². The summed E-state index contributed by atoms with van der Waals surface area (Å²) in [6, 6.07) is 55.4. The van der Waals surface area contributed by atoms with E-state index in [1.165, 1.54) is 46.1 Å². The fraction of sp³-hybridized carbons (Fsp3) is 0.0435. The van der Waals surface area contributed by atoms with Crippen molar-refractivity contribution in [1.82, 2.24) is 14.5 Å². The van der Waals surface area contributed by atoms with Gasteiger partial charge in [-0.15, -0.1) is 0 Å². The van der Waals surface area contributed by atoms with Crippen molar-refractivity contribution in [1.29, 1.82) is 0 Å². The van der Waals surface area contributed by atoms with Gasteiger partial charge in [-0.2, -0.15) is 0 Å². The van der Waals surface area contributed by atoms with Crippen LogP contribution in [0, 0.1) is 0 Å². The van der Waals surface area contributed by atoms with Gasteiger partial charge in [0.2, 0.25) is 0 Å². The van der Waals surface area contributed by atoms with E-state index in [4.69, 9.17) is 4.98 Å². The maximum atomic E-state index is 10.9. The molecular formula is C46H36B3N3O2. The molecule has 0 unspecified atom stereocenters. The Hall–Kier alpha value is -6.21. The predicted octanol–water partition coefficient (Wildman–Crippen LogP) is 7.09. The first kappa shape index (κ1) is 33.6. The van der Waals surface area contributed by atoms with Gasteiger partial charge >= 0.3 is 0 Å². The van der Waals surface area contributed by atoms with E-state index in [2.05, 4.69) is 137 Å². The summed E-state index contributed by atoms with van der Waals surface area (Å²) < 4.78 is 2.05. The number of hydrogen-bond acceptors (Lipinski definition) is 4. The number of hydrogen-bond donors (Lipinski definition) is 2. The van der Waals surface area contributed by atoms with Crippen LogP contribution in [0.3, 0.4) is 0 Å². The second kappa shape index (κ2) is 13.0. The first-order valence-electron chi connectivity index (χ1n) is 18.3. The van der Waals surface area contributed by atoms with Crippen molar-refractivity contribution < 1.29 is 10.2 Å². The second-order valence-corrected chi connectivity index (χ2v) is 14.7. The molecule has 0 aliphatic carbocycles. The van der Waals surface area contributed by atoms with Crippen molar-refractivity contribution in [3.05, 3.63) is 176 Å². The molecule has 0 amide bonds. The van der Waals surface area contributed by atoms with Crippen LogP contribution in [0.2, 0.25) is 0 Å². The summed E-state index contributed by atoms with van der Waals surface area (Å²) in [5.74, 6) is 0.576. The van der Waals surface area contributed by atoms with Gasteiger partial charge in [0.05, 0.1) is 11.0 Å². The number of para-hydroxylation sites is 2. The Morgan fingerprint density at radius 3 is 1.65 bits per heavy atom. The van der Waals surface area contributed by atoms with E-state index in [1.807, 2.05) is 52.2 Å². The van der Waals surface area contributed by atoms with Crippen LogP contribution in [-0.4, -0.2) is 54.0 Å². The molecule has 0 fully saturated rings. The van der Waals surface area contributed by atoms with Gasteiger partial charge < -0.3 is 10.2 Å². The lowest BCUT2D eigenvalue weighted by atomic mass is 9.45. The first-order chi connectivity index (χ1) is 26.2. The van der Waals surface area contributed by atoms with E-state index in [-0.39, 0.29) is 0 Å². The zero-order valence-electron chi connectivity index (χ0n) is 30.4. The van der Waals surface area contributed by atoms with Crippen LogP contribution < -0.4 is 0 Å². The van der Waals surface area contributed by atoms with Gasteiger partial charge in [0.15, 0.2) is 7.85 Å². The number of pyridine rings is 1. The Morgan fingerprint density at radius 1 is 0.481 bits per heavy atom. The molecule has 0 aliphatic rings. The minimum Gasteiger partial charge on any atom is -0.375 e. The summed E-state index contributed by atoms with van der Waals surface area (Å²) in [5.41, 5.74) is 9.69. The molecule has 256 valence electrons. The molecule has 0 atom stereocenters. The van der Waals surface area contributed by atoms with Crippen molar-refractivity contribution in [2.75, 3.05) is 0 Å². The number of imidazole rings is 1. The van der Waals surface area contributed by atoms with Crippen molar-refractivity contribution >= 4 is 56.1 Å². The van der Waals surface area contributed by atoms with Gasteiger partial charge in [0.25, 0.3) is 0 Å². The quantitative estimate of drug-likeness (QED) is 0.106. The number of fused-ring (bicyclic) bond motifs is 3. The molecule has 0 radical (unpaired) electrons. The highest BCUT2D eigenvalue weighted by molar-refractivity contribution is 6.44. The van der Waals surface area contributed by atoms with Gasteiger partial charge in [-0.25, -0.2) is 4.98 Å². The topological polar surface area (TPSA) is 71.2 Å². The smallest absolute Gasteiger partial charge is 0.177 e. The van der Waals surface area contributed by atoms with Crippen LogP contribution in [0.5, 0.6) is 0 Å². The van der Waals surface area contributed by atoms with Gasteiger partial charge in [-0.05, 0) is 102 Å². The Bertz CT molecular complexity index is 2790. The van der Waals surface area contributed by atoms with Crippen molar-refractivity contribution in [3.63, 3.8) is 0 Å². The molecule has 0 aliphatic heterocycles. The lowest BCUT2D eigenvalue weighted by molar-refractivity contribution is -0.100. The summed E-state index contributed by atoms with van der Waals surface area (Å²) in [6.07, 6.45) is 3.70. The number of benzene rings is 7. The number of aromatic nitrogens is 3. The highest BCUT2D eigenvalue weighted by Gasteiger charge is 2.42. The third kappa shape index (κ3) is 5.63. The lowest BCUT2D eigenvalue weighted by Gasteiger charge is -2.36. The average molecular weight is 695 g/mol. The Labute approximate surface area is 316 Å². The molecule has 0 saturated heterocycles. The van der Waals surface area contributed by atoms with Crippen LogP contribution in [0.15, 0.2) is 170 Å². The Morgan fingerprint density at radius 2 is 1.02 bits per heavy atom. The standard InChI is InChI=1S/C46H36B3N3O2/c47-45(48,46(49,53)54)44-51-40-19-5-6-20-41(40)52(44)35-14-8-11-32(27-35)31-10-7-12-33(26-31)43-38-17-3-1-15-36(38)42(37-16-2-4-18-39(37)43)30-23-21-29(22-24-30)34-13-9-25-50-28-34/h1-28,53-54H,47-49H2. The second-order valence-electron chi connectivity index (χ2n) is 14.7. The summed E-state index contributed by atoms with van der Waals surface area (Å²) in [5, 5.41) is 25.4. The predicted molar refractivity (Wildman–Crippen MR) is 230 cm³/mol. The SMILES string of the molecule is BC(O)(O)C(B)(B)c1nc2ccccc2n1-c1cccc(-c2cccc(-c3c4ccccc4c(-c4ccc(-c5cccnc5)cc4)c4ccccc34)c2)c1. The zero-order chi connectivity index (χ0) is 37.0. The van der Waals surface area contributed by atoms with Crippen LogP contribution in [-0.2, 0) is 5.21 Å². The molecule has 8 heteroatoms. The first-order valence-corrected chi connectivity index (χ1v) is 18.3. The van der Waals surface area contributed by atoms with E-state index in [0.29, 0.717) is 5.82 Å². The molecule has 0 bridgehead atoms. The monoisotopic (exact) mass is 695 g/mol. The third-order valence-electron chi connectivity index (χ3n) is 11.0. The van der Waals surface area contributed by atoms with Crippen molar-refractivity contribution in [2.45, 2.75) is 10.9 Å². The maximum absolute atomic E-state index is 10.9. The molecular weight excluding hydrogens is 659 g/mol. The van der Waals surface area contributed by atoms with E-state index >= 15 is 0 Å². The maximum Gasteiger partial charge on any atom is 0.177 e. The minimum absolute atomic E-state index is 0.576. The average Bonchev–Trinajstić information content (AvgIpc) is 3.61. The lowest BCUT2D eigenvalue weighted by Crippen LogP contribution is -2.54. The summed E-state index contributed by atoms with van der Waals surface area (Å²) in [6.45, 7) is 0. The molecule has 2 N–H and O–H groups in total. The van der Waals surface area contributed by atoms with Gasteiger partial charge in [0.1, 0.15) is 27.2 Å². The molecule has 54 heavy (non-hydrogen) atoms. The fourth-order valence-corrected chi connectivity index (χ4v) is 7.71. The zero-order valence-corrected chi connectivity index (χ0v) is 30.4. The highest BCUT2D eigenvalue weighted by atomic mass is 16.5. The van der Waals surface area contributed by atoms with Gasteiger partial charge in [-0.1, -0.05) is 121 Å². The van der Waals surface area contributed by atoms with Gasteiger partial charge in [-0.3, -0.25) is 9.55 Å². The summed E-state index contributed by atoms with van der Waals surface area (Å²) in [4.78, 5) is 9.24. The summed E-state index contributed by atoms with van der Waals surface area (Å²) >= 11 is 0. The number of rotatable bonds is 7. The Kier molecular flexibility index (Phi) is 8.11. The van der Waals surface area contributed by atoms with E-state index < -0.39 is 10.9 Å². The fourth-order valence-electron chi connectivity index (χ4n) is 7.71. The molecule has 9 aromatic rings.